The van der Waals surface area contributed by atoms with Gasteiger partial charge in [0, 0.05) is 31.2 Å². The molecule has 1 unspecified atom stereocenters. The third-order valence-electron chi connectivity index (χ3n) is 2.98. The Kier molecular flexibility index (Phi) is 3.16. The summed E-state index contributed by atoms with van der Waals surface area (Å²) in [5.74, 6) is 0.909. The molecule has 1 amide bonds. The van der Waals surface area contributed by atoms with Crippen molar-refractivity contribution in [2.75, 3.05) is 17.3 Å². The second kappa shape index (κ2) is 4.97. The third-order valence-corrected chi connectivity index (χ3v) is 3.41. The molecule has 0 spiro atoms. The Morgan fingerprint density at radius 2 is 2.37 bits per heavy atom. The molecule has 1 aliphatic heterocycles. The van der Waals surface area contributed by atoms with Crippen molar-refractivity contribution in [1.82, 2.24) is 15.2 Å². The minimum Gasteiger partial charge on any atom is -0.403 e. The predicted octanol–water partition coefficient (Wildman–Crippen LogP) is 1.72. The molecule has 1 aliphatic rings. The lowest BCUT2D eigenvalue weighted by molar-refractivity contribution is -0.117. The first-order valence-corrected chi connectivity index (χ1v) is 6.41. The summed E-state index contributed by atoms with van der Waals surface area (Å²) < 4.78 is 5.52. The highest BCUT2D eigenvalue weighted by atomic mass is 35.5. The fraction of sp³-hybridized carbons (Fsp3) is 0.333. The van der Waals surface area contributed by atoms with Gasteiger partial charge in [0.2, 0.25) is 5.91 Å². The molecule has 0 radical (unpaired) electrons. The zero-order valence-electron chi connectivity index (χ0n) is 9.99. The van der Waals surface area contributed by atoms with Crippen LogP contribution in [-0.4, -0.2) is 33.5 Å². The van der Waals surface area contributed by atoms with Crippen LogP contribution in [0.1, 0.15) is 6.42 Å². The molecule has 1 fully saturated rings. The number of rotatable bonds is 3. The fourth-order valence-corrected chi connectivity index (χ4v) is 2.21. The predicted molar refractivity (Wildman–Crippen MR) is 68.7 cm³/mol. The van der Waals surface area contributed by atoms with Crippen molar-refractivity contribution >= 4 is 23.5 Å². The van der Waals surface area contributed by atoms with Gasteiger partial charge in [-0.2, -0.15) is 0 Å². The average Bonchev–Trinajstić information content (AvgIpc) is 3.06. The van der Waals surface area contributed by atoms with Crippen LogP contribution in [0.15, 0.2) is 28.9 Å². The lowest BCUT2D eigenvalue weighted by Gasteiger charge is -2.09. The number of hydrogen-bond donors (Lipinski definition) is 0. The van der Waals surface area contributed by atoms with Crippen LogP contribution in [-0.2, 0) is 4.79 Å². The Labute approximate surface area is 114 Å². The minimum atomic E-state index is -0.0352. The maximum Gasteiger partial charge on any atom is 0.325 e. The molecule has 3 rings (SSSR count). The first-order valence-electron chi connectivity index (χ1n) is 5.88. The van der Waals surface area contributed by atoms with Crippen LogP contribution in [0.4, 0.5) is 6.01 Å². The number of carbonyl (C=O) groups is 1. The molecular weight excluding hydrogens is 268 g/mol. The zero-order chi connectivity index (χ0) is 13.2. The second-order valence-corrected chi connectivity index (χ2v) is 4.67. The van der Waals surface area contributed by atoms with Gasteiger partial charge in [-0.15, -0.1) is 16.7 Å². The summed E-state index contributed by atoms with van der Waals surface area (Å²) in [4.78, 5) is 17.3. The van der Waals surface area contributed by atoms with Crippen LogP contribution in [0.3, 0.4) is 0 Å². The Morgan fingerprint density at radius 1 is 1.47 bits per heavy atom. The molecule has 1 saturated heterocycles. The van der Waals surface area contributed by atoms with Crippen LogP contribution >= 0.6 is 11.6 Å². The molecule has 0 aliphatic carbocycles. The number of hydrogen-bond acceptors (Lipinski definition) is 5. The van der Waals surface area contributed by atoms with E-state index in [1.54, 1.807) is 18.5 Å². The average molecular weight is 279 g/mol. The summed E-state index contributed by atoms with van der Waals surface area (Å²) in [6.45, 7) is 0.525. The fourth-order valence-electron chi connectivity index (χ4n) is 2.00. The Bertz CT molecular complexity index is 586. The van der Waals surface area contributed by atoms with Crippen molar-refractivity contribution in [3.8, 4) is 11.5 Å². The van der Waals surface area contributed by atoms with E-state index < -0.39 is 0 Å². The maximum atomic E-state index is 11.8. The second-order valence-electron chi connectivity index (χ2n) is 4.36. The molecule has 0 saturated carbocycles. The Balaban J connectivity index is 1.84. The van der Waals surface area contributed by atoms with Crippen molar-refractivity contribution in [3.05, 3.63) is 24.5 Å². The summed E-state index contributed by atoms with van der Waals surface area (Å²) in [5, 5.41) is 7.84. The zero-order valence-corrected chi connectivity index (χ0v) is 10.7. The molecule has 3 heterocycles. The largest absolute Gasteiger partial charge is 0.403 e. The lowest BCUT2D eigenvalue weighted by atomic mass is 10.2. The third kappa shape index (κ3) is 2.31. The molecule has 1 atom stereocenters. The summed E-state index contributed by atoms with van der Waals surface area (Å²) in [7, 11) is 0. The lowest BCUT2D eigenvalue weighted by Crippen LogP contribution is -2.24. The van der Waals surface area contributed by atoms with E-state index in [2.05, 4.69) is 15.2 Å². The van der Waals surface area contributed by atoms with E-state index in [1.165, 1.54) is 4.90 Å². The van der Waals surface area contributed by atoms with Crippen LogP contribution in [0.25, 0.3) is 11.5 Å². The Morgan fingerprint density at radius 3 is 3.05 bits per heavy atom. The van der Waals surface area contributed by atoms with Crippen LogP contribution in [0.2, 0.25) is 0 Å². The molecular formula is C12H11ClN4O2. The van der Waals surface area contributed by atoms with Gasteiger partial charge in [0.05, 0.1) is 5.56 Å². The number of halogens is 1. The molecule has 0 N–H and O–H groups in total. The number of pyridine rings is 1. The van der Waals surface area contributed by atoms with E-state index in [1.807, 2.05) is 6.07 Å². The highest BCUT2D eigenvalue weighted by Crippen LogP contribution is 2.27. The van der Waals surface area contributed by atoms with Crippen LogP contribution < -0.4 is 4.90 Å². The van der Waals surface area contributed by atoms with E-state index in [4.69, 9.17) is 16.0 Å². The van der Waals surface area contributed by atoms with Crippen LogP contribution in [0, 0.1) is 5.92 Å². The SMILES string of the molecule is O=C1CC(CCl)CN1c1nnc(-c2cccnc2)o1. The molecule has 2 aromatic heterocycles. The van der Waals surface area contributed by atoms with Crippen molar-refractivity contribution in [1.29, 1.82) is 0 Å². The number of nitrogens with zero attached hydrogens (tertiary/aromatic N) is 4. The van der Waals surface area contributed by atoms with Gasteiger partial charge >= 0.3 is 6.01 Å². The number of alkyl halides is 1. The molecule has 7 heteroatoms. The summed E-state index contributed by atoms with van der Waals surface area (Å²) in [5.41, 5.74) is 0.724. The van der Waals surface area contributed by atoms with Crippen molar-refractivity contribution < 1.29 is 9.21 Å². The molecule has 0 aromatic carbocycles. The van der Waals surface area contributed by atoms with Crippen LogP contribution in [0.5, 0.6) is 0 Å². The van der Waals surface area contributed by atoms with Gasteiger partial charge < -0.3 is 4.42 Å². The van der Waals surface area contributed by atoms with E-state index >= 15 is 0 Å². The van der Waals surface area contributed by atoms with Gasteiger partial charge in [-0.3, -0.25) is 14.7 Å². The van der Waals surface area contributed by atoms with Crippen molar-refractivity contribution in [2.24, 2.45) is 5.92 Å². The van der Waals surface area contributed by atoms with Gasteiger partial charge in [0.15, 0.2) is 0 Å². The number of carbonyl (C=O) groups excluding carboxylic acids is 1. The first kappa shape index (κ1) is 12.1. The van der Waals surface area contributed by atoms with E-state index in [9.17, 15) is 4.79 Å². The molecule has 2 aromatic rings. The summed E-state index contributed by atoms with van der Waals surface area (Å²) >= 11 is 5.77. The number of amides is 1. The van der Waals surface area contributed by atoms with Crippen molar-refractivity contribution in [3.63, 3.8) is 0 Å². The standard InChI is InChI=1S/C12H11ClN4O2/c13-5-8-4-10(18)17(7-8)12-16-15-11(19-12)9-2-1-3-14-6-9/h1-3,6,8H,4-5,7H2. The number of aromatic nitrogens is 3. The summed E-state index contributed by atoms with van der Waals surface area (Å²) in [6.07, 6.45) is 3.72. The van der Waals surface area contributed by atoms with Gasteiger partial charge in [-0.1, -0.05) is 5.10 Å². The normalized spacial score (nSPS) is 19.1. The highest BCUT2D eigenvalue weighted by Gasteiger charge is 2.33. The minimum absolute atomic E-state index is 0.0352. The topological polar surface area (TPSA) is 72.1 Å². The number of anilines is 1. The van der Waals surface area contributed by atoms with Gasteiger partial charge in [0.1, 0.15) is 0 Å². The quantitative estimate of drug-likeness (QED) is 0.800. The molecule has 19 heavy (non-hydrogen) atoms. The summed E-state index contributed by atoms with van der Waals surface area (Å²) in [6, 6.07) is 3.82. The first-order chi connectivity index (χ1) is 9.28. The monoisotopic (exact) mass is 278 g/mol. The molecule has 98 valence electrons. The maximum absolute atomic E-state index is 11.8. The molecule has 0 bridgehead atoms. The smallest absolute Gasteiger partial charge is 0.325 e. The molecule has 6 nitrogen and oxygen atoms in total. The van der Waals surface area contributed by atoms with E-state index in [0.717, 1.165) is 5.56 Å². The Hall–Kier alpha value is -1.95. The van der Waals surface area contributed by atoms with Gasteiger partial charge in [-0.25, -0.2) is 0 Å². The van der Waals surface area contributed by atoms with E-state index in [-0.39, 0.29) is 17.8 Å². The van der Waals surface area contributed by atoms with Crippen molar-refractivity contribution in [2.45, 2.75) is 6.42 Å². The van der Waals surface area contributed by atoms with Gasteiger partial charge in [-0.05, 0) is 18.1 Å². The van der Waals surface area contributed by atoms with E-state index in [0.29, 0.717) is 24.7 Å². The van der Waals surface area contributed by atoms with Gasteiger partial charge in [0.25, 0.3) is 5.89 Å². The highest BCUT2D eigenvalue weighted by molar-refractivity contribution is 6.18.